The Kier molecular flexibility index (Phi) is 5.02. The molecule has 0 aliphatic carbocycles. The second-order valence-corrected chi connectivity index (χ2v) is 6.29. The molecule has 132 valence electrons. The van der Waals surface area contributed by atoms with Crippen molar-refractivity contribution in [2.75, 3.05) is 13.1 Å². The van der Waals surface area contributed by atoms with Crippen LogP contribution in [0.2, 0.25) is 0 Å². The summed E-state index contributed by atoms with van der Waals surface area (Å²) >= 11 is 0. The summed E-state index contributed by atoms with van der Waals surface area (Å²) < 4.78 is 5.18. The molecule has 1 saturated heterocycles. The molecule has 1 fully saturated rings. The molecule has 0 bridgehead atoms. The molecule has 7 heteroatoms. The molecule has 2 amide bonds. The largest absolute Gasteiger partial charge is 0.445 e. The van der Waals surface area contributed by atoms with Gasteiger partial charge in [0.1, 0.15) is 6.61 Å². The highest BCUT2D eigenvalue weighted by molar-refractivity contribution is 5.80. The highest BCUT2D eigenvalue weighted by atomic mass is 16.5. The van der Waals surface area contributed by atoms with Crippen LogP contribution in [0.1, 0.15) is 22.5 Å². The fourth-order valence-electron chi connectivity index (χ4n) is 2.80. The number of likely N-dealkylation sites (tertiary alicyclic amines) is 1. The number of carbonyl (C=O) groups excluding carboxylic acids is 2. The van der Waals surface area contributed by atoms with Crippen LogP contribution in [0.25, 0.3) is 0 Å². The predicted octanol–water partition coefficient (Wildman–Crippen LogP) is 1.71. The van der Waals surface area contributed by atoms with Gasteiger partial charge in [-0.2, -0.15) is 5.10 Å². The molecule has 1 aliphatic rings. The zero-order valence-corrected chi connectivity index (χ0v) is 14.4. The number of aromatic nitrogens is 2. The lowest BCUT2D eigenvalue weighted by Crippen LogP contribution is -2.61. The van der Waals surface area contributed by atoms with Gasteiger partial charge in [-0.1, -0.05) is 30.3 Å². The maximum absolute atomic E-state index is 12.3. The van der Waals surface area contributed by atoms with Crippen molar-refractivity contribution < 1.29 is 14.3 Å². The van der Waals surface area contributed by atoms with Gasteiger partial charge in [-0.3, -0.25) is 9.89 Å². The summed E-state index contributed by atoms with van der Waals surface area (Å²) in [5, 5.41) is 9.77. The average Bonchev–Trinajstić information content (AvgIpc) is 2.88. The minimum atomic E-state index is -0.456. The van der Waals surface area contributed by atoms with E-state index in [1.165, 1.54) is 0 Å². The van der Waals surface area contributed by atoms with E-state index < -0.39 is 6.09 Å². The smallest absolute Gasteiger partial charge is 0.407 e. The molecule has 2 heterocycles. The lowest BCUT2D eigenvalue weighted by atomic mass is 10.1. The number of aromatic amines is 1. The van der Waals surface area contributed by atoms with Crippen LogP contribution in [-0.4, -0.2) is 46.2 Å². The minimum Gasteiger partial charge on any atom is -0.445 e. The Hall–Kier alpha value is -2.83. The van der Waals surface area contributed by atoms with Crippen LogP contribution in [0.3, 0.4) is 0 Å². The molecule has 1 aliphatic heterocycles. The van der Waals surface area contributed by atoms with E-state index in [2.05, 4.69) is 15.5 Å². The summed E-state index contributed by atoms with van der Waals surface area (Å²) in [6.07, 6.45) is -0.123. The Morgan fingerprint density at radius 1 is 1.28 bits per heavy atom. The van der Waals surface area contributed by atoms with Crippen molar-refractivity contribution >= 4 is 12.0 Å². The molecular formula is C18H22N4O3. The van der Waals surface area contributed by atoms with Gasteiger partial charge in [0.25, 0.3) is 0 Å². The third kappa shape index (κ3) is 4.17. The van der Waals surface area contributed by atoms with Crippen molar-refractivity contribution in [1.29, 1.82) is 0 Å². The Morgan fingerprint density at radius 2 is 2.00 bits per heavy atom. The number of aryl methyl sites for hydroxylation is 2. The van der Waals surface area contributed by atoms with Gasteiger partial charge in [-0.25, -0.2) is 4.79 Å². The molecule has 1 aromatic carbocycles. The number of benzene rings is 1. The predicted molar refractivity (Wildman–Crippen MR) is 91.9 cm³/mol. The number of nitrogens with one attached hydrogen (secondary N) is 2. The van der Waals surface area contributed by atoms with Gasteiger partial charge in [0.2, 0.25) is 5.91 Å². The highest BCUT2D eigenvalue weighted by Gasteiger charge is 2.32. The normalized spacial score (nSPS) is 14.1. The van der Waals surface area contributed by atoms with Crippen LogP contribution >= 0.6 is 0 Å². The van der Waals surface area contributed by atoms with Gasteiger partial charge in [-0.15, -0.1) is 0 Å². The lowest BCUT2D eigenvalue weighted by Gasteiger charge is -2.39. The summed E-state index contributed by atoms with van der Waals surface area (Å²) in [5.74, 6) is 0.0447. The average molecular weight is 342 g/mol. The minimum absolute atomic E-state index is 0.0447. The van der Waals surface area contributed by atoms with E-state index in [0.717, 1.165) is 22.5 Å². The first kappa shape index (κ1) is 17.0. The zero-order valence-electron chi connectivity index (χ0n) is 14.4. The van der Waals surface area contributed by atoms with Gasteiger partial charge < -0.3 is 15.0 Å². The van der Waals surface area contributed by atoms with Crippen LogP contribution in [-0.2, 0) is 22.6 Å². The summed E-state index contributed by atoms with van der Waals surface area (Å²) in [7, 11) is 0. The number of amides is 2. The molecule has 7 nitrogen and oxygen atoms in total. The first-order chi connectivity index (χ1) is 12.0. The summed E-state index contributed by atoms with van der Waals surface area (Å²) in [6.45, 7) is 5.05. The molecule has 0 saturated carbocycles. The van der Waals surface area contributed by atoms with Crippen LogP contribution in [0.4, 0.5) is 4.79 Å². The Morgan fingerprint density at radius 3 is 2.64 bits per heavy atom. The number of alkyl carbamates (subject to hydrolysis) is 1. The van der Waals surface area contributed by atoms with Crippen LogP contribution in [0.5, 0.6) is 0 Å². The first-order valence-electron chi connectivity index (χ1n) is 8.28. The molecule has 0 atom stereocenters. The lowest BCUT2D eigenvalue weighted by molar-refractivity contribution is -0.135. The third-order valence-corrected chi connectivity index (χ3v) is 4.38. The number of H-pyrrole nitrogens is 1. The van der Waals surface area contributed by atoms with Crippen molar-refractivity contribution in [2.45, 2.75) is 32.9 Å². The fraction of sp³-hybridized carbons (Fsp3) is 0.389. The third-order valence-electron chi connectivity index (χ3n) is 4.38. The van der Waals surface area contributed by atoms with Crippen LogP contribution < -0.4 is 5.32 Å². The van der Waals surface area contributed by atoms with Gasteiger partial charge in [0, 0.05) is 24.3 Å². The number of hydrogen-bond acceptors (Lipinski definition) is 4. The molecule has 1 aromatic heterocycles. The Balaban J connectivity index is 1.39. The number of ether oxygens (including phenoxy) is 1. The van der Waals surface area contributed by atoms with E-state index in [-0.39, 0.29) is 18.6 Å². The summed E-state index contributed by atoms with van der Waals surface area (Å²) in [4.78, 5) is 25.8. The van der Waals surface area contributed by atoms with E-state index in [9.17, 15) is 9.59 Å². The van der Waals surface area contributed by atoms with Gasteiger partial charge >= 0.3 is 6.09 Å². The monoisotopic (exact) mass is 342 g/mol. The first-order valence-corrected chi connectivity index (χ1v) is 8.28. The molecule has 2 N–H and O–H groups in total. The molecular weight excluding hydrogens is 320 g/mol. The van der Waals surface area contributed by atoms with Crippen molar-refractivity contribution in [2.24, 2.45) is 0 Å². The molecule has 0 radical (unpaired) electrons. The zero-order chi connectivity index (χ0) is 17.8. The van der Waals surface area contributed by atoms with E-state index in [1.807, 2.05) is 44.2 Å². The summed E-state index contributed by atoms with van der Waals surface area (Å²) in [5.41, 5.74) is 3.66. The van der Waals surface area contributed by atoms with Crippen LogP contribution in [0, 0.1) is 13.8 Å². The fourth-order valence-corrected chi connectivity index (χ4v) is 2.80. The van der Waals surface area contributed by atoms with Crippen molar-refractivity contribution in [1.82, 2.24) is 20.4 Å². The Labute approximate surface area is 146 Å². The number of nitrogens with zero attached hydrogens (tertiary/aromatic N) is 2. The van der Waals surface area contributed by atoms with Gasteiger partial charge in [0.15, 0.2) is 0 Å². The second kappa shape index (κ2) is 7.38. The van der Waals surface area contributed by atoms with Gasteiger partial charge in [0.05, 0.1) is 18.2 Å². The van der Waals surface area contributed by atoms with E-state index in [0.29, 0.717) is 19.5 Å². The maximum atomic E-state index is 12.3. The topological polar surface area (TPSA) is 87.3 Å². The molecule has 2 aromatic rings. The van der Waals surface area contributed by atoms with Crippen molar-refractivity contribution in [3.63, 3.8) is 0 Å². The molecule has 25 heavy (non-hydrogen) atoms. The highest BCUT2D eigenvalue weighted by Crippen LogP contribution is 2.15. The summed E-state index contributed by atoms with van der Waals surface area (Å²) in [6, 6.07) is 9.45. The van der Waals surface area contributed by atoms with E-state index >= 15 is 0 Å². The van der Waals surface area contributed by atoms with Crippen molar-refractivity contribution in [3.8, 4) is 0 Å². The Bertz CT molecular complexity index is 731. The number of rotatable bonds is 5. The standard InChI is InChI=1S/C18H22N4O3/c1-12-16(13(2)21-20-12)8-17(23)22-9-15(10-22)19-18(24)25-11-14-6-4-3-5-7-14/h3-7,15H,8-11H2,1-2H3,(H,19,24)(H,20,21). The number of hydrogen-bond donors (Lipinski definition) is 2. The number of carbonyl (C=O) groups is 2. The molecule has 3 rings (SSSR count). The maximum Gasteiger partial charge on any atom is 0.407 e. The van der Waals surface area contributed by atoms with Gasteiger partial charge in [-0.05, 0) is 19.4 Å². The SMILES string of the molecule is Cc1n[nH]c(C)c1CC(=O)N1CC(NC(=O)OCc2ccccc2)C1. The van der Waals surface area contributed by atoms with E-state index in [1.54, 1.807) is 4.90 Å². The second-order valence-electron chi connectivity index (χ2n) is 6.29. The molecule has 0 spiro atoms. The van der Waals surface area contributed by atoms with Crippen LogP contribution in [0.15, 0.2) is 30.3 Å². The van der Waals surface area contributed by atoms with Crippen molar-refractivity contribution in [3.05, 3.63) is 52.8 Å². The quantitative estimate of drug-likeness (QED) is 0.866. The molecule has 0 unspecified atom stereocenters. The van der Waals surface area contributed by atoms with E-state index in [4.69, 9.17) is 4.74 Å².